The third-order valence-electron chi connectivity index (χ3n) is 5.58. The number of carbonyl (C=O) groups excluding carboxylic acids is 1. The Bertz CT molecular complexity index is 1620. The first-order valence-corrected chi connectivity index (χ1v) is 12.7. The number of sulfonamides is 1. The van der Waals surface area contributed by atoms with Crippen LogP contribution in [0.15, 0.2) is 82.1 Å². The molecule has 0 fully saturated rings. The molecule has 1 N–H and O–H groups in total. The van der Waals surface area contributed by atoms with Gasteiger partial charge in [-0.1, -0.05) is 48.0 Å². The van der Waals surface area contributed by atoms with Crippen molar-refractivity contribution >= 4 is 49.9 Å². The highest BCUT2D eigenvalue weighted by molar-refractivity contribution is 7.90. The van der Waals surface area contributed by atoms with Crippen molar-refractivity contribution in [3.05, 3.63) is 100 Å². The molecule has 0 amide bonds. The first kappa shape index (κ1) is 23.0. The summed E-state index contributed by atoms with van der Waals surface area (Å²) in [4.78, 5) is 17.4. The van der Waals surface area contributed by atoms with Crippen molar-refractivity contribution in [3.8, 4) is 0 Å². The summed E-state index contributed by atoms with van der Waals surface area (Å²) in [7, 11) is -3.78. The van der Waals surface area contributed by atoms with E-state index in [2.05, 4.69) is 14.7 Å². The van der Waals surface area contributed by atoms with Crippen LogP contribution in [0.5, 0.6) is 0 Å². The summed E-state index contributed by atoms with van der Waals surface area (Å²) < 4.78 is 34.5. The lowest BCUT2D eigenvalue weighted by Gasteiger charge is -2.14. The number of carbonyl (C=O) groups is 1. The number of para-hydroxylation sites is 1. The van der Waals surface area contributed by atoms with Gasteiger partial charge in [-0.05, 0) is 43.3 Å². The zero-order chi connectivity index (χ0) is 24.6. The minimum absolute atomic E-state index is 0.0952. The van der Waals surface area contributed by atoms with Crippen molar-refractivity contribution in [1.29, 1.82) is 0 Å². The van der Waals surface area contributed by atoms with E-state index in [9.17, 15) is 13.2 Å². The average molecular weight is 506 g/mol. The Morgan fingerprint density at radius 1 is 1.00 bits per heavy atom. The van der Waals surface area contributed by atoms with Gasteiger partial charge in [0.05, 0.1) is 21.7 Å². The lowest BCUT2D eigenvalue weighted by atomic mass is 10.0. The summed E-state index contributed by atoms with van der Waals surface area (Å²) in [5, 5.41) is 4.38. The Morgan fingerprint density at radius 3 is 2.63 bits per heavy atom. The van der Waals surface area contributed by atoms with E-state index in [1.165, 1.54) is 6.07 Å². The summed E-state index contributed by atoms with van der Waals surface area (Å²) in [5.41, 5.74) is 3.94. The van der Waals surface area contributed by atoms with Crippen molar-refractivity contribution in [1.82, 2.24) is 4.98 Å². The van der Waals surface area contributed by atoms with Gasteiger partial charge in [0, 0.05) is 39.5 Å². The molecule has 0 spiro atoms. The maximum atomic E-state index is 12.8. The monoisotopic (exact) mass is 505 g/mol. The summed E-state index contributed by atoms with van der Waals surface area (Å²) >= 11 is 6.22. The summed E-state index contributed by atoms with van der Waals surface area (Å²) in [5.74, 6) is -0.440. The number of pyridine rings is 1. The van der Waals surface area contributed by atoms with Crippen LogP contribution in [0, 0.1) is 6.92 Å². The van der Waals surface area contributed by atoms with E-state index in [1.54, 1.807) is 42.5 Å². The molecule has 0 bridgehead atoms. The molecule has 1 aliphatic rings. The number of hydrogen-bond acceptors (Lipinski definition) is 6. The van der Waals surface area contributed by atoms with Gasteiger partial charge in [-0.2, -0.15) is 12.8 Å². The van der Waals surface area contributed by atoms with Gasteiger partial charge in [0.1, 0.15) is 6.61 Å². The van der Waals surface area contributed by atoms with Gasteiger partial charge in [-0.3, -0.25) is 4.98 Å². The fourth-order valence-corrected chi connectivity index (χ4v) is 5.45. The number of benzene rings is 3. The molecule has 4 aromatic rings. The second-order valence-corrected chi connectivity index (χ2v) is 10.0. The Labute approximate surface area is 207 Å². The molecule has 1 aromatic heterocycles. The van der Waals surface area contributed by atoms with Crippen LogP contribution < -0.4 is 5.32 Å². The van der Waals surface area contributed by atoms with Gasteiger partial charge < -0.3 is 10.1 Å². The topological polar surface area (TPSA) is 97.7 Å². The highest BCUT2D eigenvalue weighted by atomic mass is 35.5. The Hall–Kier alpha value is -3.75. The minimum Gasteiger partial charge on any atom is -0.460 e. The minimum atomic E-state index is -3.78. The van der Waals surface area contributed by atoms with Gasteiger partial charge in [-0.15, -0.1) is 0 Å². The first-order chi connectivity index (χ1) is 16.8. The van der Waals surface area contributed by atoms with E-state index in [0.29, 0.717) is 39.7 Å². The summed E-state index contributed by atoms with van der Waals surface area (Å²) in [6.45, 7) is 2.22. The van der Waals surface area contributed by atoms with E-state index >= 15 is 0 Å². The lowest BCUT2D eigenvalue weighted by molar-refractivity contribution is 0.0523. The second-order valence-electron chi connectivity index (χ2n) is 7.99. The number of halogens is 1. The van der Waals surface area contributed by atoms with Crippen molar-refractivity contribution in [2.45, 2.75) is 11.8 Å². The Balaban J connectivity index is 1.33. The number of esters is 1. The van der Waals surface area contributed by atoms with Crippen molar-refractivity contribution in [3.63, 3.8) is 0 Å². The van der Waals surface area contributed by atoms with Crippen molar-refractivity contribution in [2.75, 3.05) is 18.5 Å². The van der Waals surface area contributed by atoms with Gasteiger partial charge >= 0.3 is 5.97 Å². The molecular weight excluding hydrogens is 486 g/mol. The molecule has 0 radical (unpaired) electrons. The molecule has 1 aliphatic heterocycles. The number of fused-ring (bicyclic) bond motifs is 2. The maximum absolute atomic E-state index is 12.8. The van der Waals surface area contributed by atoms with Crippen molar-refractivity contribution < 1.29 is 17.9 Å². The van der Waals surface area contributed by atoms with Crippen LogP contribution in [0.1, 0.15) is 27.2 Å². The lowest BCUT2D eigenvalue weighted by Crippen LogP contribution is -2.16. The molecule has 9 heteroatoms. The van der Waals surface area contributed by atoms with Gasteiger partial charge in [0.2, 0.25) is 0 Å². The van der Waals surface area contributed by atoms with Crippen molar-refractivity contribution in [2.24, 2.45) is 4.40 Å². The molecule has 0 saturated heterocycles. The zero-order valence-corrected chi connectivity index (χ0v) is 20.2. The number of anilines is 1. The van der Waals surface area contributed by atoms with Crippen LogP contribution in [-0.2, 0) is 14.8 Å². The molecule has 0 saturated carbocycles. The van der Waals surface area contributed by atoms with E-state index in [1.807, 2.05) is 31.2 Å². The fourth-order valence-electron chi connectivity index (χ4n) is 4.05. The highest BCUT2D eigenvalue weighted by Gasteiger charge is 2.30. The first-order valence-electron chi connectivity index (χ1n) is 10.9. The van der Waals surface area contributed by atoms with Gasteiger partial charge in [-0.25, -0.2) is 4.79 Å². The molecule has 176 valence electrons. The largest absolute Gasteiger partial charge is 0.460 e. The second kappa shape index (κ2) is 9.13. The Morgan fingerprint density at radius 2 is 1.77 bits per heavy atom. The van der Waals surface area contributed by atoms with E-state index in [-0.39, 0.29) is 11.5 Å². The average Bonchev–Trinajstić information content (AvgIpc) is 3.12. The van der Waals surface area contributed by atoms with E-state index in [4.69, 9.17) is 16.3 Å². The molecular formula is C26H20ClN3O4S. The summed E-state index contributed by atoms with van der Waals surface area (Å²) in [6, 6.07) is 20.9. The molecule has 3 aromatic carbocycles. The van der Waals surface area contributed by atoms with E-state index in [0.717, 1.165) is 16.6 Å². The normalized spacial score (nSPS) is 13.8. The molecule has 2 heterocycles. The van der Waals surface area contributed by atoms with Gasteiger partial charge in [0.25, 0.3) is 10.0 Å². The number of hydrogen-bond donors (Lipinski definition) is 1. The Kier molecular flexibility index (Phi) is 6.00. The molecule has 0 atom stereocenters. The fraction of sp³-hybridized carbons (Fsp3) is 0.115. The molecule has 0 unspecified atom stereocenters. The molecule has 35 heavy (non-hydrogen) atoms. The van der Waals surface area contributed by atoms with E-state index < -0.39 is 16.0 Å². The smallest absolute Gasteiger partial charge is 0.338 e. The standard InChI is InChI=1S/C26H20ClN3O4S/c1-16-14-20(18-6-2-4-8-23(18)29-16)26(31)34-13-12-28-22-11-10-17(27)15-21(22)25-19-7-3-5-9-24(19)35(32,33)30-25/h2-11,14-15,28H,12-13H2,1H3. The van der Waals surface area contributed by atoms with Crippen LogP contribution in [0.4, 0.5) is 5.69 Å². The number of aromatic nitrogens is 1. The predicted octanol–water partition coefficient (Wildman–Crippen LogP) is 5.01. The maximum Gasteiger partial charge on any atom is 0.338 e. The number of rotatable bonds is 6. The van der Waals surface area contributed by atoms with Crippen LogP contribution in [-0.4, -0.2) is 38.2 Å². The quantitative estimate of drug-likeness (QED) is 0.292. The molecule has 7 nitrogen and oxygen atoms in total. The highest BCUT2D eigenvalue weighted by Crippen LogP contribution is 2.33. The van der Waals surface area contributed by atoms with Gasteiger partial charge in [0.15, 0.2) is 0 Å². The number of aryl methyl sites for hydroxylation is 1. The molecule has 0 aliphatic carbocycles. The number of nitrogens with one attached hydrogen (secondary N) is 1. The summed E-state index contributed by atoms with van der Waals surface area (Å²) in [6.07, 6.45) is 0. The third kappa shape index (κ3) is 4.50. The predicted molar refractivity (Wildman–Crippen MR) is 136 cm³/mol. The third-order valence-corrected chi connectivity index (χ3v) is 7.15. The van der Waals surface area contributed by atoms with Crippen LogP contribution in [0.3, 0.4) is 0 Å². The SMILES string of the molecule is Cc1cc(C(=O)OCCNc2ccc(Cl)cc2C2=NS(=O)(=O)c3ccccc32)c2ccccc2n1. The molecule has 5 rings (SSSR count). The number of nitrogens with zero attached hydrogens (tertiary/aromatic N) is 2. The van der Waals surface area contributed by atoms with Crippen LogP contribution >= 0.6 is 11.6 Å². The number of ether oxygens (including phenoxy) is 1. The zero-order valence-electron chi connectivity index (χ0n) is 18.7. The van der Waals surface area contributed by atoms with Crippen LogP contribution in [0.25, 0.3) is 10.9 Å². The van der Waals surface area contributed by atoms with Crippen LogP contribution in [0.2, 0.25) is 5.02 Å².